The number of hydrogen-bond donors (Lipinski definition) is 0. The molecule has 1 heterocycles. The van der Waals surface area contributed by atoms with Gasteiger partial charge in [-0.25, -0.2) is 0 Å². The fourth-order valence-corrected chi connectivity index (χ4v) is 2.29. The molecule has 0 bridgehead atoms. The van der Waals surface area contributed by atoms with Crippen LogP contribution in [-0.4, -0.2) is 22.5 Å². The molecule has 0 aromatic heterocycles. The average Bonchev–Trinajstić information content (AvgIpc) is 2.37. The normalized spacial score (nSPS) is 27.1. The van der Waals surface area contributed by atoms with E-state index >= 15 is 0 Å². The van der Waals surface area contributed by atoms with Crippen molar-refractivity contribution in [2.45, 2.75) is 26.2 Å². The van der Waals surface area contributed by atoms with Gasteiger partial charge in [0.15, 0.2) is 0 Å². The van der Waals surface area contributed by atoms with E-state index in [0.29, 0.717) is 0 Å². The van der Waals surface area contributed by atoms with Crippen molar-refractivity contribution in [3.63, 3.8) is 0 Å². The van der Waals surface area contributed by atoms with Gasteiger partial charge in [0.05, 0.1) is 0 Å². The first-order valence-corrected chi connectivity index (χ1v) is 5.75. The van der Waals surface area contributed by atoms with Gasteiger partial charge in [-0.1, -0.05) is 0 Å². The molecule has 0 amide bonds. The van der Waals surface area contributed by atoms with Crippen LogP contribution in [0.15, 0.2) is 0 Å². The van der Waals surface area contributed by atoms with Crippen molar-refractivity contribution in [3.8, 4) is 0 Å². The van der Waals surface area contributed by atoms with E-state index in [1.165, 1.54) is 32.4 Å². The third kappa shape index (κ3) is 2.28. The van der Waals surface area contributed by atoms with Crippen molar-refractivity contribution in [1.29, 1.82) is 0 Å². The Hall–Kier alpha value is 0.518. The van der Waals surface area contributed by atoms with Gasteiger partial charge in [-0.05, 0) is 0 Å². The molecular weight excluding hydrogens is 294 g/mol. The third-order valence-corrected chi connectivity index (χ3v) is 3.23. The number of hydrogen-bond acceptors (Lipinski definition) is 1. The first-order chi connectivity index (χ1) is 4.86. The minimum atomic E-state index is 1.00. The van der Waals surface area contributed by atoms with Crippen LogP contribution in [0.4, 0.5) is 0 Å². The molecule has 0 N–H and O–H groups in total. The summed E-state index contributed by atoms with van der Waals surface area (Å²) >= 11 is 1.59. The van der Waals surface area contributed by atoms with E-state index in [1.54, 1.807) is 19.4 Å². The predicted octanol–water partition coefficient (Wildman–Crippen LogP) is 1.41. The van der Waals surface area contributed by atoms with Gasteiger partial charge in [-0.2, -0.15) is 0 Å². The van der Waals surface area contributed by atoms with Gasteiger partial charge in [0.1, 0.15) is 0 Å². The van der Waals surface area contributed by atoms with E-state index in [0.717, 1.165) is 5.92 Å². The van der Waals surface area contributed by atoms with E-state index in [4.69, 9.17) is 0 Å². The Morgan fingerprint density at radius 3 is 3.00 bits per heavy atom. The van der Waals surface area contributed by atoms with Gasteiger partial charge in [0.25, 0.3) is 0 Å². The molecule has 0 radical (unpaired) electrons. The van der Waals surface area contributed by atoms with Gasteiger partial charge < -0.3 is 0 Å². The van der Waals surface area contributed by atoms with Crippen LogP contribution in [0.3, 0.4) is 0 Å². The second kappa shape index (κ2) is 4.41. The summed E-state index contributed by atoms with van der Waals surface area (Å²) in [5.41, 5.74) is 0. The molecule has 10 heavy (non-hydrogen) atoms. The van der Waals surface area contributed by atoms with Crippen LogP contribution in [0.1, 0.15) is 26.2 Å². The van der Waals surface area contributed by atoms with Crippen molar-refractivity contribution in [3.05, 3.63) is 0 Å². The molecule has 58 valence electrons. The zero-order valence-electron chi connectivity index (χ0n) is 6.55. The molecule has 1 rings (SSSR count). The zero-order valence-corrected chi connectivity index (χ0v) is 9.48. The summed E-state index contributed by atoms with van der Waals surface area (Å²) in [7, 11) is 0. The Bertz CT molecular complexity index is 114. The molecule has 1 aliphatic heterocycles. The van der Waals surface area contributed by atoms with Gasteiger partial charge in [0, 0.05) is 0 Å². The van der Waals surface area contributed by atoms with Crippen molar-refractivity contribution in [2.24, 2.45) is 5.92 Å². The van der Waals surface area contributed by atoms with Gasteiger partial charge in [-0.3, -0.25) is 0 Å². The van der Waals surface area contributed by atoms with Crippen molar-refractivity contribution < 1.29 is 19.4 Å². The maximum absolute atomic E-state index is 2.47. The molecule has 1 saturated heterocycles. The Balaban J connectivity index is 2.21. The fraction of sp³-hybridized carbons (Fsp3) is 0.875. The molecule has 0 spiro atoms. The number of rotatable bonds is 3. The molecule has 0 saturated carbocycles. The van der Waals surface area contributed by atoms with Gasteiger partial charge in [-0.15, -0.1) is 0 Å². The summed E-state index contributed by atoms with van der Waals surface area (Å²) in [6.07, 6.45) is 4.21. The van der Waals surface area contributed by atoms with Crippen molar-refractivity contribution in [1.82, 2.24) is 4.90 Å². The van der Waals surface area contributed by atoms with Crippen LogP contribution in [-0.2, 0) is 19.4 Å². The van der Waals surface area contributed by atoms with E-state index in [2.05, 4.69) is 16.3 Å². The quantitative estimate of drug-likeness (QED) is 0.762. The Kier molecular flexibility index (Phi) is 3.80. The maximum atomic E-state index is 2.47. The molecule has 1 unspecified atom stereocenters. The second-order valence-corrected chi connectivity index (χ2v) is 3.80. The average molecular weight is 309 g/mol. The summed E-state index contributed by atoms with van der Waals surface area (Å²) in [5.74, 6) is 1.00. The molecule has 0 aromatic carbocycles. The molecular formula is C8H15NW. The summed E-state index contributed by atoms with van der Waals surface area (Å²) < 4.78 is 2.30. The molecule has 0 aliphatic carbocycles. The van der Waals surface area contributed by atoms with Crippen LogP contribution in [0, 0.1) is 5.92 Å². The van der Waals surface area contributed by atoms with Crippen LogP contribution in [0.25, 0.3) is 0 Å². The molecule has 2 heteroatoms. The first-order valence-electron chi connectivity index (χ1n) is 4.06. The molecule has 1 nitrogen and oxygen atoms in total. The van der Waals surface area contributed by atoms with Crippen molar-refractivity contribution >= 4 is 4.52 Å². The topological polar surface area (TPSA) is 3.24 Å². The Morgan fingerprint density at radius 1 is 1.70 bits per heavy atom. The summed E-state index contributed by atoms with van der Waals surface area (Å²) in [4.78, 5) is 2.47. The SMILES string of the molecule is CCCC1CCN([CH]=[W])C1. The summed E-state index contributed by atoms with van der Waals surface area (Å²) in [6, 6.07) is 0. The van der Waals surface area contributed by atoms with E-state index in [9.17, 15) is 0 Å². The molecule has 1 fully saturated rings. The first kappa shape index (κ1) is 8.61. The van der Waals surface area contributed by atoms with E-state index in [-0.39, 0.29) is 0 Å². The number of nitrogens with zero attached hydrogens (tertiary/aromatic N) is 1. The molecule has 0 aromatic rings. The fourth-order valence-electron chi connectivity index (χ4n) is 1.60. The van der Waals surface area contributed by atoms with E-state index in [1.807, 2.05) is 0 Å². The summed E-state index contributed by atoms with van der Waals surface area (Å²) in [5, 5.41) is 0. The van der Waals surface area contributed by atoms with Crippen LogP contribution >= 0.6 is 0 Å². The second-order valence-electron chi connectivity index (χ2n) is 3.04. The molecule has 1 aliphatic rings. The minimum absolute atomic E-state index is 1.00. The van der Waals surface area contributed by atoms with E-state index < -0.39 is 0 Å². The van der Waals surface area contributed by atoms with Crippen LogP contribution in [0.5, 0.6) is 0 Å². The predicted molar refractivity (Wildman–Crippen MR) is 40.7 cm³/mol. The van der Waals surface area contributed by atoms with Crippen LogP contribution in [0.2, 0.25) is 0 Å². The standard InChI is InChI=1S/C8H15N.W/c1-3-4-8-5-6-9(2)7-8;/h2,8H,3-7H2,1H3;. The number of likely N-dealkylation sites (tertiary alicyclic amines) is 1. The zero-order chi connectivity index (χ0) is 7.40. The van der Waals surface area contributed by atoms with Crippen molar-refractivity contribution in [2.75, 3.05) is 13.1 Å². The van der Waals surface area contributed by atoms with Crippen LogP contribution < -0.4 is 0 Å². The Morgan fingerprint density at radius 2 is 2.50 bits per heavy atom. The van der Waals surface area contributed by atoms with Gasteiger partial charge in [0.2, 0.25) is 0 Å². The summed E-state index contributed by atoms with van der Waals surface area (Å²) in [6.45, 7) is 4.93. The Labute approximate surface area is 74.2 Å². The van der Waals surface area contributed by atoms with Gasteiger partial charge >= 0.3 is 74.0 Å². The monoisotopic (exact) mass is 309 g/mol. The molecule has 1 atom stereocenters. The third-order valence-electron chi connectivity index (χ3n) is 2.16.